The van der Waals surface area contributed by atoms with Gasteiger partial charge >= 0.3 is 0 Å². The Hall–Kier alpha value is -2.41. The van der Waals surface area contributed by atoms with Crippen LogP contribution in [0.5, 0.6) is 5.75 Å². The summed E-state index contributed by atoms with van der Waals surface area (Å²) in [6, 6.07) is 16.0. The lowest BCUT2D eigenvalue weighted by atomic mass is 10.1. The van der Waals surface area contributed by atoms with E-state index >= 15 is 0 Å². The van der Waals surface area contributed by atoms with E-state index in [1.54, 1.807) is 7.11 Å². The third-order valence-electron chi connectivity index (χ3n) is 4.81. The van der Waals surface area contributed by atoms with Gasteiger partial charge in [0, 0.05) is 50.4 Å². The van der Waals surface area contributed by atoms with E-state index in [0.717, 1.165) is 68.5 Å². The smallest absolute Gasteiger partial charge is 0.225 e. The Kier molecular flexibility index (Phi) is 7.84. The van der Waals surface area contributed by atoms with E-state index in [-0.39, 0.29) is 5.91 Å². The number of rotatable bonds is 9. The Balaban J connectivity index is 1.44. The fraction of sp³-hybridized carbons (Fsp3) is 0.409. The third-order valence-corrected chi connectivity index (χ3v) is 4.81. The Labute approximate surface area is 166 Å². The van der Waals surface area contributed by atoms with Crippen LogP contribution < -0.4 is 15.4 Å². The molecule has 28 heavy (non-hydrogen) atoms. The average molecular weight is 383 g/mol. The van der Waals surface area contributed by atoms with Crippen molar-refractivity contribution in [2.45, 2.75) is 19.5 Å². The molecule has 0 unspecified atom stereocenters. The fourth-order valence-electron chi connectivity index (χ4n) is 3.26. The largest absolute Gasteiger partial charge is 0.496 e. The van der Waals surface area contributed by atoms with Gasteiger partial charge in [0.1, 0.15) is 5.75 Å². The molecule has 1 fully saturated rings. The van der Waals surface area contributed by atoms with Crippen LogP contribution in [0.1, 0.15) is 17.5 Å². The van der Waals surface area contributed by atoms with Crippen LogP contribution in [-0.4, -0.2) is 50.8 Å². The first-order valence-corrected chi connectivity index (χ1v) is 9.76. The predicted octanol–water partition coefficient (Wildman–Crippen LogP) is 2.65. The number of methoxy groups -OCH3 is 1. The molecule has 1 heterocycles. The van der Waals surface area contributed by atoms with Gasteiger partial charge in [-0.25, -0.2) is 0 Å². The van der Waals surface area contributed by atoms with Crippen LogP contribution in [0.4, 0.5) is 5.69 Å². The second-order valence-electron chi connectivity index (χ2n) is 6.87. The van der Waals surface area contributed by atoms with Gasteiger partial charge in [0.05, 0.1) is 20.3 Å². The molecule has 0 radical (unpaired) electrons. The second-order valence-corrected chi connectivity index (χ2v) is 6.87. The van der Waals surface area contributed by atoms with E-state index in [0.29, 0.717) is 6.42 Å². The Morgan fingerprint density at radius 3 is 2.75 bits per heavy atom. The molecule has 2 aromatic carbocycles. The summed E-state index contributed by atoms with van der Waals surface area (Å²) in [5.74, 6) is 0.932. The summed E-state index contributed by atoms with van der Waals surface area (Å²) in [4.78, 5) is 14.5. The number of anilines is 1. The van der Waals surface area contributed by atoms with Gasteiger partial charge in [-0.1, -0.05) is 30.3 Å². The van der Waals surface area contributed by atoms with Crippen molar-refractivity contribution in [3.8, 4) is 5.75 Å². The highest BCUT2D eigenvalue weighted by Crippen LogP contribution is 2.17. The summed E-state index contributed by atoms with van der Waals surface area (Å²) in [7, 11) is 1.68. The first kappa shape index (κ1) is 20.3. The van der Waals surface area contributed by atoms with E-state index in [1.165, 1.54) is 0 Å². The first-order valence-electron chi connectivity index (χ1n) is 9.76. The van der Waals surface area contributed by atoms with E-state index in [1.807, 2.05) is 36.4 Å². The topological polar surface area (TPSA) is 62.8 Å². The quantitative estimate of drug-likeness (QED) is 0.697. The minimum Gasteiger partial charge on any atom is -0.496 e. The van der Waals surface area contributed by atoms with Crippen LogP contribution in [0.3, 0.4) is 0 Å². The van der Waals surface area contributed by atoms with Crippen molar-refractivity contribution in [1.29, 1.82) is 0 Å². The SMILES string of the molecule is COc1ccccc1CNCc1cccc(NC(=O)CCN2CCOCC2)c1. The number of para-hydroxylation sites is 1. The highest BCUT2D eigenvalue weighted by atomic mass is 16.5. The normalized spacial score (nSPS) is 14.6. The molecule has 0 spiro atoms. The first-order chi connectivity index (χ1) is 13.7. The van der Waals surface area contributed by atoms with Crippen molar-refractivity contribution in [1.82, 2.24) is 10.2 Å². The van der Waals surface area contributed by atoms with Gasteiger partial charge in [0.2, 0.25) is 5.91 Å². The van der Waals surface area contributed by atoms with E-state index in [9.17, 15) is 4.79 Å². The summed E-state index contributed by atoms with van der Waals surface area (Å²) >= 11 is 0. The number of carbonyl (C=O) groups excluding carboxylic acids is 1. The average Bonchev–Trinajstić information content (AvgIpc) is 2.74. The standard InChI is InChI=1S/C22H29N3O3/c1-27-21-8-3-2-6-19(21)17-23-16-18-5-4-7-20(15-18)24-22(26)9-10-25-11-13-28-14-12-25/h2-8,15,23H,9-14,16-17H2,1H3,(H,24,26). The zero-order valence-electron chi connectivity index (χ0n) is 16.4. The number of hydrogen-bond acceptors (Lipinski definition) is 5. The molecule has 0 aliphatic carbocycles. The number of carbonyl (C=O) groups is 1. The highest BCUT2D eigenvalue weighted by molar-refractivity contribution is 5.90. The summed E-state index contributed by atoms with van der Waals surface area (Å²) in [5.41, 5.74) is 3.09. The number of nitrogens with zero attached hydrogens (tertiary/aromatic N) is 1. The van der Waals surface area contributed by atoms with Crippen molar-refractivity contribution >= 4 is 11.6 Å². The van der Waals surface area contributed by atoms with Gasteiger partial charge in [0.25, 0.3) is 0 Å². The van der Waals surface area contributed by atoms with Gasteiger partial charge in [-0.05, 0) is 23.8 Å². The number of nitrogens with one attached hydrogen (secondary N) is 2. The van der Waals surface area contributed by atoms with Gasteiger partial charge < -0.3 is 20.1 Å². The Bertz CT molecular complexity index is 760. The summed E-state index contributed by atoms with van der Waals surface area (Å²) in [5, 5.41) is 6.43. The number of hydrogen-bond donors (Lipinski definition) is 2. The lowest BCUT2D eigenvalue weighted by molar-refractivity contribution is -0.116. The van der Waals surface area contributed by atoms with Gasteiger partial charge in [-0.2, -0.15) is 0 Å². The minimum absolute atomic E-state index is 0.0469. The van der Waals surface area contributed by atoms with Crippen molar-refractivity contribution in [2.75, 3.05) is 45.3 Å². The molecular weight excluding hydrogens is 354 g/mol. The Morgan fingerprint density at radius 2 is 1.93 bits per heavy atom. The monoisotopic (exact) mass is 383 g/mol. The van der Waals surface area contributed by atoms with Gasteiger partial charge in [-0.15, -0.1) is 0 Å². The molecular formula is C22H29N3O3. The third kappa shape index (κ3) is 6.34. The molecule has 0 saturated carbocycles. The zero-order valence-corrected chi connectivity index (χ0v) is 16.4. The van der Waals surface area contributed by atoms with E-state index in [2.05, 4.69) is 27.7 Å². The second kappa shape index (κ2) is 10.8. The van der Waals surface area contributed by atoms with Gasteiger partial charge in [0.15, 0.2) is 0 Å². The maximum Gasteiger partial charge on any atom is 0.225 e. The summed E-state index contributed by atoms with van der Waals surface area (Å²) < 4.78 is 10.7. The maximum atomic E-state index is 12.2. The van der Waals surface area contributed by atoms with Crippen LogP contribution in [0.25, 0.3) is 0 Å². The molecule has 0 atom stereocenters. The van der Waals surface area contributed by atoms with Crippen molar-refractivity contribution in [3.63, 3.8) is 0 Å². The molecule has 150 valence electrons. The highest BCUT2D eigenvalue weighted by Gasteiger charge is 2.12. The van der Waals surface area contributed by atoms with Crippen molar-refractivity contribution < 1.29 is 14.3 Å². The lowest BCUT2D eigenvalue weighted by Crippen LogP contribution is -2.38. The van der Waals surface area contributed by atoms with Gasteiger partial charge in [-0.3, -0.25) is 9.69 Å². The fourth-order valence-corrected chi connectivity index (χ4v) is 3.26. The molecule has 6 nitrogen and oxygen atoms in total. The van der Waals surface area contributed by atoms with E-state index in [4.69, 9.17) is 9.47 Å². The van der Waals surface area contributed by atoms with Crippen LogP contribution in [0.2, 0.25) is 0 Å². The van der Waals surface area contributed by atoms with Crippen LogP contribution in [0.15, 0.2) is 48.5 Å². The minimum atomic E-state index is 0.0469. The molecule has 0 aromatic heterocycles. The maximum absolute atomic E-state index is 12.2. The van der Waals surface area contributed by atoms with Crippen LogP contribution in [-0.2, 0) is 22.6 Å². The number of morpholine rings is 1. The molecule has 3 rings (SSSR count). The molecule has 2 N–H and O–H groups in total. The predicted molar refractivity (Wildman–Crippen MR) is 110 cm³/mol. The molecule has 2 aromatic rings. The van der Waals surface area contributed by atoms with Crippen LogP contribution >= 0.6 is 0 Å². The molecule has 6 heteroatoms. The zero-order chi connectivity index (χ0) is 19.6. The van der Waals surface area contributed by atoms with Crippen LogP contribution in [0, 0.1) is 0 Å². The summed E-state index contributed by atoms with van der Waals surface area (Å²) in [6.45, 7) is 5.53. The number of amides is 1. The van der Waals surface area contributed by atoms with Crippen molar-refractivity contribution in [2.24, 2.45) is 0 Å². The number of benzene rings is 2. The molecule has 1 saturated heterocycles. The summed E-state index contributed by atoms with van der Waals surface area (Å²) in [6.07, 6.45) is 0.496. The van der Waals surface area contributed by atoms with Crippen molar-refractivity contribution in [3.05, 3.63) is 59.7 Å². The molecule has 1 amide bonds. The molecule has 1 aliphatic rings. The molecule has 1 aliphatic heterocycles. The molecule has 0 bridgehead atoms. The Morgan fingerprint density at radius 1 is 1.11 bits per heavy atom. The number of ether oxygens (including phenoxy) is 2. The van der Waals surface area contributed by atoms with E-state index < -0.39 is 0 Å². The lowest BCUT2D eigenvalue weighted by Gasteiger charge is -2.26.